The van der Waals surface area contributed by atoms with Crippen molar-refractivity contribution in [2.24, 2.45) is 5.92 Å². The van der Waals surface area contributed by atoms with Gasteiger partial charge in [-0.15, -0.1) is 0 Å². The Labute approximate surface area is 126 Å². The van der Waals surface area contributed by atoms with Gasteiger partial charge in [0.15, 0.2) is 0 Å². The maximum atomic E-state index is 13.4. The SMILES string of the molecule is O=C(Cc1ccc(F)cc1F)NCC1CCC(Br)CC1. The van der Waals surface area contributed by atoms with Gasteiger partial charge in [0.25, 0.3) is 0 Å². The monoisotopic (exact) mass is 345 g/mol. The van der Waals surface area contributed by atoms with Gasteiger partial charge in [-0.1, -0.05) is 22.0 Å². The van der Waals surface area contributed by atoms with Gasteiger partial charge in [0.2, 0.25) is 5.91 Å². The van der Waals surface area contributed by atoms with Crippen LogP contribution in [0.1, 0.15) is 31.2 Å². The summed E-state index contributed by atoms with van der Waals surface area (Å²) < 4.78 is 26.2. The lowest BCUT2D eigenvalue weighted by atomic mass is 9.89. The first-order chi connectivity index (χ1) is 9.54. The van der Waals surface area contributed by atoms with Crippen molar-refractivity contribution in [3.05, 3.63) is 35.4 Å². The fourth-order valence-electron chi connectivity index (χ4n) is 2.48. The van der Waals surface area contributed by atoms with E-state index in [0.717, 1.165) is 31.7 Å². The number of alkyl halides is 1. The van der Waals surface area contributed by atoms with E-state index in [1.54, 1.807) is 0 Å². The Kier molecular flexibility index (Phi) is 5.52. The molecule has 2 rings (SSSR count). The number of hydrogen-bond acceptors (Lipinski definition) is 1. The van der Waals surface area contributed by atoms with Crippen LogP contribution in [0.2, 0.25) is 0 Å². The maximum absolute atomic E-state index is 13.4. The van der Waals surface area contributed by atoms with Gasteiger partial charge in [0.1, 0.15) is 11.6 Å². The number of amides is 1. The molecule has 0 bridgehead atoms. The Bertz CT molecular complexity index is 473. The van der Waals surface area contributed by atoms with E-state index in [0.29, 0.717) is 17.3 Å². The zero-order chi connectivity index (χ0) is 14.5. The second kappa shape index (κ2) is 7.16. The summed E-state index contributed by atoms with van der Waals surface area (Å²) in [5.74, 6) is -1.000. The highest BCUT2D eigenvalue weighted by Gasteiger charge is 2.19. The normalized spacial score (nSPS) is 22.6. The molecule has 1 aromatic carbocycles. The largest absolute Gasteiger partial charge is 0.356 e. The van der Waals surface area contributed by atoms with E-state index >= 15 is 0 Å². The molecule has 1 aromatic rings. The van der Waals surface area contributed by atoms with Gasteiger partial charge >= 0.3 is 0 Å². The van der Waals surface area contributed by atoms with Crippen molar-refractivity contribution in [2.45, 2.75) is 36.9 Å². The van der Waals surface area contributed by atoms with Gasteiger partial charge in [-0.25, -0.2) is 8.78 Å². The van der Waals surface area contributed by atoms with Crippen molar-refractivity contribution < 1.29 is 13.6 Å². The highest BCUT2D eigenvalue weighted by Crippen LogP contribution is 2.28. The topological polar surface area (TPSA) is 29.1 Å². The number of halogens is 3. The molecule has 0 saturated heterocycles. The van der Waals surface area contributed by atoms with E-state index in [4.69, 9.17) is 0 Å². The van der Waals surface area contributed by atoms with Crippen molar-refractivity contribution in [1.29, 1.82) is 0 Å². The average Bonchev–Trinajstić information content (AvgIpc) is 2.41. The molecule has 0 aliphatic heterocycles. The van der Waals surface area contributed by atoms with Gasteiger partial charge < -0.3 is 5.32 Å². The molecule has 20 heavy (non-hydrogen) atoms. The first kappa shape index (κ1) is 15.4. The van der Waals surface area contributed by atoms with Crippen LogP contribution in [0.3, 0.4) is 0 Å². The number of rotatable bonds is 4. The van der Waals surface area contributed by atoms with Crippen LogP contribution >= 0.6 is 15.9 Å². The van der Waals surface area contributed by atoms with E-state index in [2.05, 4.69) is 21.2 Å². The summed E-state index contributed by atoms with van der Waals surface area (Å²) in [7, 11) is 0. The average molecular weight is 346 g/mol. The summed E-state index contributed by atoms with van der Waals surface area (Å²) in [5.41, 5.74) is 0.230. The summed E-state index contributed by atoms with van der Waals surface area (Å²) in [5, 5.41) is 2.84. The van der Waals surface area contributed by atoms with Crippen molar-refractivity contribution in [3.63, 3.8) is 0 Å². The number of hydrogen-bond donors (Lipinski definition) is 1. The predicted molar refractivity (Wildman–Crippen MR) is 77.7 cm³/mol. The lowest BCUT2D eigenvalue weighted by Gasteiger charge is -2.25. The third-order valence-electron chi connectivity index (χ3n) is 3.73. The summed E-state index contributed by atoms with van der Waals surface area (Å²) in [6, 6.07) is 3.29. The van der Waals surface area contributed by atoms with E-state index in [9.17, 15) is 13.6 Å². The van der Waals surface area contributed by atoms with Crippen LogP contribution in [0.4, 0.5) is 8.78 Å². The van der Waals surface area contributed by atoms with Gasteiger partial charge in [0, 0.05) is 17.4 Å². The molecule has 0 heterocycles. The summed E-state index contributed by atoms with van der Waals surface area (Å²) >= 11 is 3.59. The third kappa shape index (κ3) is 4.54. The molecule has 0 spiro atoms. The van der Waals surface area contributed by atoms with Gasteiger partial charge in [-0.05, 0) is 43.2 Å². The van der Waals surface area contributed by atoms with E-state index in [1.807, 2.05) is 0 Å². The molecule has 1 saturated carbocycles. The molecule has 0 atom stereocenters. The Morgan fingerprint density at radius 2 is 1.95 bits per heavy atom. The zero-order valence-corrected chi connectivity index (χ0v) is 12.8. The van der Waals surface area contributed by atoms with Gasteiger partial charge in [-0.2, -0.15) is 0 Å². The van der Waals surface area contributed by atoms with Gasteiger partial charge in [0.05, 0.1) is 6.42 Å². The molecule has 1 N–H and O–H groups in total. The Morgan fingerprint density at radius 1 is 1.25 bits per heavy atom. The summed E-state index contributed by atoms with van der Waals surface area (Å²) in [6.45, 7) is 0.640. The van der Waals surface area contributed by atoms with Gasteiger partial charge in [-0.3, -0.25) is 4.79 Å². The van der Waals surface area contributed by atoms with Crippen LogP contribution in [0.25, 0.3) is 0 Å². The standard InChI is InChI=1S/C15H18BrF2NO/c16-12-4-1-10(2-5-12)9-19-15(20)7-11-3-6-13(17)8-14(11)18/h3,6,8,10,12H,1-2,4-5,7,9H2,(H,19,20). The van der Waals surface area contributed by atoms with Crippen molar-refractivity contribution in [2.75, 3.05) is 6.54 Å². The molecule has 1 fully saturated rings. The predicted octanol–water partition coefficient (Wildman–Crippen LogP) is 3.58. The van der Waals surface area contributed by atoms with Crippen molar-refractivity contribution in [1.82, 2.24) is 5.32 Å². The smallest absolute Gasteiger partial charge is 0.224 e. The quantitative estimate of drug-likeness (QED) is 0.830. The zero-order valence-electron chi connectivity index (χ0n) is 11.2. The fourth-order valence-corrected chi connectivity index (χ4v) is 3.01. The number of carbonyl (C=O) groups is 1. The first-order valence-electron chi connectivity index (χ1n) is 6.89. The van der Waals surface area contributed by atoms with E-state index in [1.165, 1.54) is 12.1 Å². The lowest BCUT2D eigenvalue weighted by Crippen LogP contribution is -2.32. The molecule has 110 valence electrons. The Hall–Kier alpha value is -0.970. The molecule has 0 unspecified atom stereocenters. The fraction of sp³-hybridized carbons (Fsp3) is 0.533. The minimum Gasteiger partial charge on any atom is -0.356 e. The van der Waals surface area contributed by atoms with Crippen LogP contribution in [-0.4, -0.2) is 17.3 Å². The molecular weight excluding hydrogens is 328 g/mol. The molecule has 0 aromatic heterocycles. The Balaban J connectivity index is 1.78. The number of benzene rings is 1. The minimum absolute atomic E-state index is 0.0418. The second-order valence-corrected chi connectivity index (χ2v) is 6.63. The molecule has 2 nitrogen and oxygen atoms in total. The molecule has 1 aliphatic rings. The lowest BCUT2D eigenvalue weighted by molar-refractivity contribution is -0.120. The highest BCUT2D eigenvalue weighted by atomic mass is 79.9. The van der Waals surface area contributed by atoms with Crippen LogP contribution in [-0.2, 0) is 11.2 Å². The third-order valence-corrected chi connectivity index (χ3v) is 4.65. The van der Waals surface area contributed by atoms with Crippen LogP contribution in [0.15, 0.2) is 18.2 Å². The van der Waals surface area contributed by atoms with Crippen LogP contribution in [0, 0.1) is 17.6 Å². The summed E-state index contributed by atoms with van der Waals surface area (Å²) in [4.78, 5) is 12.4. The van der Waals surface area contributed by atoms with Crippen LogP contribution < -0.4 is 5.32 Å². The van der Waals surface area contributed by atoms with Crippen molar-refractivity contribution >= 4 is 21.8 Å². The molecule has 0 radical (unpaired) electrons. The molecule has 1 amide bonds. The molecular formula is C15H18BrF2NO. The van der Waals surface area contributed by atoms with E-state index < -0.39 is 11.6 Å². The second-order valence-electron chi connectivity index (χ2n) is 5.33. The molecule has 1 aliphatic carbocycles. The number of carbonyl (C=O) groups excluding carboxylic acids is 1. The highest BCUT2D eigenvalue weighted by molar-refractivity contribution is 9.09. The molecule has 5 heteroatoms. The summed E-state index contributed by atoms with van der Waals surface area (Å²) in [6.07, 6.45) is 4.42. The van der Waals surface area contributed by atoms with Crippen LogP contribution in [0.5, 0.6) is 0 Å². The Morgan fingerprint density at radius 3 is 2.60 bits per heavy atom. The first-order valence-corrected chi connectivity index (χ1v) is 7.81. The van der Waals surface area contributed by atoms with E-state index in [-0.39, 0.29) is 17.9 Å². The maximum Gasteiger partial charge on any atom is 0.224 e. The van der Waals surface area contributed by atoms with Crippen molar-refractivity contribution in [3.8, 4) is 0 Å². The minimum atomic E-state index is -0.667. The number of nitrogens with one attached hydrogen (secondary N) is 1.